The van der Waals surface area contributed by atoms with Crippen molar-refractivity contribution in [3.63, 3.8) is 0 Å². The Morgan fingerprint density at radius 2 is 1.21 bits per heavy atom. The second kappa shape index (κ2) is 15.6. The number of carbonyl (C=O) groups is 1. The average molecular weight is 352 g/mol. The molecule has 0 atom stereocenters. The van der Waals surface area contributed by atoms with Crippen LogP contribution in [0.4, 0.5) is 4.79 Å². The van der Waals surface area contributed by atoms with E-state index in [0.29, 0.717) is 59.4 Å². The normalized spacial score (nSPS) is 11.5. The molecule has 9 nitrogen and oxygen atoms in total. The zero-order valence-electron chi connectivity index (χ0n) is 15.0. The van der Waals surface area contributed by atoms with Gasteiger partial charge >= 0.3 is 6.09 Å². The molecule has 0 aliphatic heterocycles. The highest BCUT2D eigenvalue weighted by Crippen LogP contribution is 2.06. The van der Waals surface area contributed by atoms with Crippen molar-refractivity contribution >= 4 is 6.09 Å². The van der Waals surface area contributed by atoms with Crippen molar-refractivity contribution in [3.8, 4) is 0 Å². The molecular formula is C15H32N2O7. The van der Waals surface area contributed by atoms with Gasteiger partial charge in [-0.05, 0) is 20.8 Å². The Morgan fingerprint density at radius 1 is 0.792 bits per heavy atom. The van der Waals surface area contributed by atoms with Gasteiger partial charge in [-0.15, -0.1) is 0 Å². The Balaban J connectivity index is 3.14. The smallest absolute Gasteiger partial charge is 0.431 e. The van der Waals surface area contributed by atoms with Crippen LogP contribution in [0, 0.1) is 0 Å². The van der Waals surface area contributed by atoms with Crippen LogP contribution in [0.3, 0.4) is 0 Å². The van der Waals surface area contributed by atoms with E-state index in [4.69, 9.17) is 34.3 Å². The molecule has 9 heteroatoms. The monoisotopic (exact) mass is 352 g/mol. The minimum atomic E-state index is -0.626. The van der Waals surface area contributed by atoms with Gasteiger partial charge in [0.2, 0.25) is 0 Å². The molecule has 1 amide bonds. The predicted molar refractivity (Wildman–Crippen MR) is 87.7 cm³/mol. The maximum atomic E-state index is 11.2. The summed E-state index contributed by atoms with van der Waals surface area (Å²) < 4.78 is 26.0. The van der Waals surface area contributed by atoms with Gasteiger partial charge in [-0.2, -0.15) is 5.48 Å². The molecule has 0 rings (SSSR count). The first-order valence-corrected chi connectivity index (χ1v) is 8.07. The summed E-state index contributed by atoms with van der Waals surface area (Å²) in [5.41, 5.74) is 6.90. The van der Waals surface area contributed by atoms with Gasteiger partial charge in [0.1, 0.15) is 5.60 Å². The summed E-state index contributed by atoms with van der Waals surface area (Å²) in [4.78, 5) is 16.2. The average Bonchev–Trinajstić information content (AvgIpc) is 2.49. The van der Waals surface area contributed by atoms with E-state index in [-0.39, 0.29) is 6.61 Å². The molecule has 0 fully saturated rings. The standard InChI is InChI=1S/C15H32N2O7/c1-15(2,3)24-14(18)17-23-13-12-22-11-10-21-9-8-20-7-6-19-5-4-16/h4-13,16H2,1-3H3,(H,17,18). The third-order valence-corrected chi connectivity index (χ3v) is 2.26. The van der Waals surface area contributed by atoms with Crippen molar-refractivity contribution in [2.45, 2.75) is 26.4 Å². The molecule has 0 saturated heterocycles. The van der Waals surface area contributed by atoms with Crippen LogP contribution in [-0.4, -0.2) is 77.7 Å². The molecule has 3 N–H and O–H groups in total. The molecular weight excluding hydrogens is 320 g/mol. The van der Waals surface area contributed by atoms with Crippen molar-refractivity contribution in [2.24, 2.45) is 5.73 Å². The van der Waals surface area contributed by atoms with E-state index in [9.17, 15) is 4.79 Å². The first-order valence-electron chi connectivity index (χ1n) is 8.07. The fraction of sp³-hybridized carbons (Fsp3) is 0.933. The quantitative estimate of drug-likeness (QED) is 0.323. The maximum Gasteiger partial charge on any atom is 0.431 e. The highest BCUT2D eigenvalue weighted by Gasteiger charge is 2.15. The summed E-state index contributed by atoms with van der Waals surface area (Å²) in [6, 6.07) is 0. The summed E-state index contributed by atoms with van der Waals surface area (Å²) in [5, 5.41) is 0. The molecule has 0 spiro atoms. The fourth-order valence-electron chi connectivity index (χ4n) is 1.35. The number of hydroxylamine groups is 1. The first-order chi connectivity index (χ1) is 11.5. The third kappa shape index (κ3) is 19.1. The lowest BCUT2D eigenvalue weighted by molar-refractivity contribution is -0.0366. The maximum absolute atomic E-state index is 11.2. The lowest BCUT2D eigenvalue weighted by atomic mass is 10.2. The molecule has 0 unspecified atom stereocenters. The van der Waals surface area contributed by atoms with Crippen molar-refractivity contribution in [2.75, 3.05) is 66.0 Å². The Labute approximate surface area is 144 Å². The molecule has 0 aliphatic carbocycles. The van der Waals surface area contributed by atoms with Crippen molar-refractivity contribution in [3.05, 3.63) is 0 Å². The van der Waals surface area contributed by atoms with Gasteiger partial charge in [0.05, 0.1) is 59.5 Å². The number of ether oxygens (including phenoxy) is 5. The summed E-state index contributed by atoms with van der Waals surface area (Å²) in [6.07, 6.45) is -0.626. The Morgan fingerprint density at radius 3 is 1.62 bits per heavy atom. The van der Waals surface area contributed by atoms with Crippen LogP contribution in [0.1, 0.15) is 20.8 Å². The predicted octanol–water partition coefficient (Wildman–Crippen LogP) is 0.468. The van der Waals surface area contributed by atoms with E-state index in [1.54, 1.807) is 20.8 Å². The highest BCUT2D eigenvalue weighted by molar-refractivity contribution is 5.66. The van der Waals surface area contributed by atoms with Gasteiger partial charge in [-0.1, -0.05) is 0 Å². The minimum absolute atomic E-state index is 0.227. The molecule has 0 aromatic rings. The zero-order chi connectivity index (χ0) is 18.1. The number of nitrogens with two attached hydrogens (primary N) is 1. The molecule has 0 aliphatic rings. The van der Waals surface area contributed by atoms with Crippen LogP contribution in [0.5, 0.6) is 0 Å². The SMILES string of the molecule is CC(C)(C)OC(=O)NOCCOCCOCCOCCOCCN. The van der Waals surface area contributed by atoms with Crippen LogP contribution < -0.4 is 11.2 Å². The topological polar surface area (TPSA) is 111 Å². The first kappa shape index (κ1) is 23.0. The fourth-order valence-corrected chi connectivity index (χ4v) is 1.35. The summed E-state index contributed by atoms with van der Waals surface area (Å²) in [6.45, 7) is 9.94. The number of amides is 1. The molecule has 0 saturated carbocycles. The lowest BCUT2D eigenvalue weighted by Crippen LogP contribution is -2.33. The largest absolute Gasteiger partial charge is 0.442 e. The van der Waals surface area contributed by atoms with Crippen LogP contribution in [0.25, 0.3) is 0 Å². The van der Waals surface area contributed by atoms with Gasteiger partial charge in [0, 0.05) is 6.54 Å². The van der Waals surface area contributed by atoms with Gasteiger partial charge in [-0.3, -0.25) is 4.84 Å². The second-order valence-electron chi connectivity index (χ2n) is 5.69. The van der Waals surface area contributed by atoms with Crippen LogP contribution in [-0.2, 0) is 28.5 Å². The van der Waals surface area contributed by atoms with Gasteiger partial charge in [0.15, 0.2) is 0 Å². The number of hydrogen-bond acceptors (Lipinski definition) is 8. The van der Waals surface area contributed by atoms with E-state index < -0.39 is 11.7 Å². The van der Waals surface area contributed by atoms with Crippen molar-refractivity contribution in [1.82, 2.24) is 5.48 Å². The third-order valence-electron chi connectivity index (χ3n) is 2.26. The number of carbonyl (C=O) groups excluding carboxylic acids is 1. The van der Waals surface area contributed by atoms with E-state index >= 15 is 0 Å². The zero-order valence-corrected chi connectivity index (χ0v) is 15.0. The van der Waals surface area contributed by atoms with Crippen LogP contribution in [0.2, 0.25) is 0 Å². The number of hydrogen-bond donors (Lipinski definition) is 2. The number of rotatable bonds is 15. The van der Waals surface area contributed by atoms with Crippen molar-refractivity contribution in [1.29, 1.82) is 0 Å². The van der Waals surface area contributed by atoms with E-state index in [1.807, 2.05) is 0 Å². The minimum Gasteiger partial charge on any atom is -0.442 e. The Hall–Kier alpha value is -0.970. The van der Waals surface area contributed by atoms with E-state index in [1.165, 1.54) is 0 Å². The summed E-state index contributed by atoms with van der Waals surface area (Å²) in [5.74, 6) is 0. The Bertz CT molecular complexity index is 298. The Kier molecular flexibility index (Phi) is 14.9. The molecule has 0 bridgehead atoms. The van der Waals surface area contributed by atoms with Crippen LogP contribution >= 0.6 is 0 Å². The van der Waals surface area contributed by atoms with Gasteiger partial charge < -0.3 is 29.4 Å². The summed E-state index contributed by atoms with van der Waals surface area (Å²) >= 11 is 0. The molecule has 0 aromatic heterocycles. The molecule has 0 aromatic carbocycles. The molecule has 0 radical (unpaired) electrons. The highest BCUT2D eigenvalue weighted by atomic mass is 16.7. The summed E-state index contributed by atoms with van der Waals surface area (Å²) in [7, 11) is 0. The molecule has 24 heavy (non-hydrogen) atoms. The van der Waals surface area contributed by atoms with E-state index in [2.05, 4.69) is 5.48 Å². The molecule has 0 heterocycles. The van der Waals surface area contributed by atoms with Gasteiger partial charge in [0.25, 0.3) is 0 Å². The molecule has 144 valence electrons. The van der Waals surface area contributed by atoms with Crippen molar-refractivity contribution < 1.29 is 33.3 Å². The number of nitrogens with one attached hydrogen (secondary N) is 1. The lowest BCUT2D eigenvalue weighted by Gasteiger charge is -2.19. The van der Waals surface area contributed by atoms with Gasteiger partial charge in [-0.25, -0.2) is 4.79 Å². The second-order valence-corrected chi connectivity index (χ2v) is 5.69. The van der Waals surface area contributed by atoms with E-state index in [0.717, 1.165) is 0 Å². The van der Waals surface area contributed by atoms with Crippen LogP contribution in [0.15, 0.2) is 0 Å².